The molecule has 3 aliphatic heterocycles. The number of fused-ring (bicyclic) bond motifs is 1. The molecule has 0 spiro atoms. The fraction of sp³-hybridized carbons (Fsp3) is 0.739. The van der Waals surface area contributed by atoms with Crippen LogP contribution < -0.4 is 0 Å². The van der Waals surface area contributed by atoms with Crippen molar-refractivity contribution in [2.45, 2.75) is 37.8 Å². The van der Waals surface area contributed by atoms with Crippen molar-refractivity contribution in [3.8, 4) is 0 Å². The Labute approximate surface area is 215 Å². The number of nitrogens with zero attached hydrogens (tertiary/aromatic N) is 2. The lowest BCUT2D eigenvalue weighted by Gasteiger charge is -2.37. The summed E-state index contributed by atoms with van der Waals surface area (Å²) in [7, 11) is 2.16. The van der Waals surface area contributed by atoms with Crippen molar-refractivity contribution in [1.29, 1.82) is 0 Å². The minimum absolute atomic E-state index is 0.381. The number of rotatable bonds is 6. The molecular weight excluding hydrogens is 530 g/mol. The lowest BCUT2D eigenvalue weighted by molar-refractivity contribution is -0.193. The van der Waals surface area contributed by atoms with Crippen LogP contribution in [0.2, 0.25) is 0 Å². The van der Waals surface area contributed by atoms with Crippen LogP contribution in [0.5, 0.6) is 0 Å². The van der Waals surface area contributed by atoms with Gasteiger partial charge in [-0.2, -0.15) is 26.3 Å². The van der Waals surface area contributed by atoms with Crippen molar-refractivity contribution >= 4 is 11.9 Å². The first-order chi connectivity index (χ1) is 17.7. The van der Waals surface area contributed by atoms with E-state index in [1.165, 1.54) is 32.5 Å². The summed E-state index contributed by atoms with van der Waals surface area (Å²) in [4.78, 5) is 22.8. The number of alkyl halides is 6. The van der Waals surface area contributed by atoms with Crippen LogP contribution in [-0.2, 0) is 25.6 Å². The molecule has 3 fully saturated rings. The van der Waals surface area contributed by atoms with E-state index < -0.39 is 24.3 Å². The van der Waals surface area contributed by atoms with Gasteiger partial charge in [0, 0.05) is 32.2 Å². The molecule has 0 amide bonds. The summed E-state index contributed by atoms with van der Waals surface area (Å²) in [5, 5.41) is 14.2. The second-order valence-corrected chi connectivity index (χ2v) is 9.46. The number of carboxylic acid groups (broad SMARTS) is 2. The molecular formula is C23H32F6N2O7. The number of aliphatic carboxylic acids is 2. The van der Waals surface area contributed by atoms with Crippen LogP contribution in [0.1, 0.15) is 18.6 Å². The third-order valence-corrected chi connectivity index (χ3v) is 6.40. The Kier molecular flexibility index (Phi) is 11.9. The van der Waals surface area contributed by atoms with Gasteiger partial charge in [0.2, 0.25) is 0 Å². The molecule has 3 saturated heterocycles. The molecule has 9 nitrogen and oxygen atoms in total. The van der Waals surface area contributed by atoms with E-state index in [1.54, 1.807) is 6.26 Å². The zero-order valence-electron chi connectivity index (χ0n) is 20.7. The molecule has 0 bridgehead atoms. The molecule has 3 aliphatic rings. The van der Waals surface area contributed by atoms with E-state index in [9.17, 15) is 26.3 Å². The lowest BCUT2D eigenvalue weighted by Crippen LogP contribution is -2.45. The first-order valence-corrected chi connectivity index (χ1v) is 11.9. The van der Waals surface area contributed by atoms with Crippen molar-refractivity contribution in [1.82, 2.24) is 9.80 Å². The van der Waals surface area contributed by atoms with Crippen LogP contribution in [0.3, 0.4) is 0 Å². The van der Waals surface area contributed by atoms with Gasteiger partial charge in [-0.15, -0.1) is 0 Å². The largest absolute Gasteiger partial charge is 0.490 e. The van der Waals surface area contributed by atoms with E-state index in [4.69, 9.17) is 33.7 Å². The summed E-state index contributed by atoms with van der Waals surface area (Å²) in [6.07, 6.45) is -5.53. The highest BCUT2D eigenvalue weighted by atomic mass is 19.4. The van der Waals surface area contributed by atoms with Gasteiger partial charge in [-0.3, -0.25) is 4.90 Å². The minimum atomic E-state index is -5.08. The number of halogens is 6. The predicted molar refractivity (Wildman–Crippen MR) is 119 cm³/mol. The predicted octanol–water partition coefficient (Wildman–Crippen LogP) is 3.35. The van der Waals surface area contributed by atoms with Crippen molar-refractivity contribution < 1.29 is 60.0 Å². The summed E-state index contributed by atoms with van der Waals surface area (Å²) in [5.41, 5.74) is 0. The minimum Gasteiger partial charge on any atom is -0.475 e. The third kappa shape index (κ3) is 10.8. The fourth-order valence-electron chi connectivity index (χ4n) is 4.65. The van der Waals surface area contributed by atoms with E-state index in [0.29, 0.717) is 12.0 Å². The first kappa shape index (κ1) is 31.9. The molecule has 4 heterocycles. The molecule has 0 aromatic carbocycles. The molecule has 1 aromatic rings. The standard InChI is InChI=1S/C19H30N2O3.2C2HF3O2/c1-20(11-17-3-2-7-23-17)12-19-18-4-6-21(10-16(18)14-24-19)9-15-5-8-22-13-15;2*3-2(4,5)1(6)7/h2-3,7,15-16,18-19H,4-6,8-14H2,1H3;2*(H,6,7)/t15?,16-,18-,19+;;/m1../s1. The van der Waals surface area contributed by atoms with Crippen molar-refractivity contribution in [2.24, 2.45) is 17.8 Å². The number of hydrogen-bond acceptors (Lipinski definition) is 7. The number of piperidine rings is 1. The molecule has 0 aliphatic carbocycles. The zero-order chi connectivity index (χ0) is 28.5. The second kappa shape index (κ2) is 14.1. The van der Waals surface area contributed by atoms with E-state index in [-0.39, 0.29) is 0 Å². The second-order valence-electron chi connectivity index (χ2n) is 9.46. The maximum atomic E-state index is 10.6. The van der Waals surface area contributed by atoms with Crippen LogP contribution in [0.25, 0.3) is 0 Å². The normalized spacial score (nSPS) is 25.7. The van der Waals surface area contributed by atoms with Gasteiger partial charge >= 0.3 is 24.3 Å². The lowest BCUT2D eigenvalue weighted by atomic mass is 9.83. The highest BCUT2D eigenvalue weighted by Gasteiger charge is 2.41. The molecule has 0 radical (unpaired) electrons. The average molecular weight is 563 g/mol. The van der Waals surface area contributed by atoms with Crippen LogP contribution in [-0.4, -0.2) is 103 Å². The quantitative estimate of drug-likeness (QED) is 0.504. The Bertz CT molecular complexity index is 835. The summed E-state index contributed by atoms with van der Waals surface area (Å²) in [5.74, 6) is -2.30. The third-order valence-electron chi connectivity index (χ3n) is 6.40. The Morgan fingerprint density at radius 1 is 1.08 bits per heavy atom. The Balaban J connectivity index is 0.000000301. The maximum Gasteiger partial charge on any atom is 0.490 e. The van der Waals surface area contributed by atoms with E-state index >= 15 is 0 Å². The fourth-order valence-corrected chi connectivity index (χ4v) is 4.65. The van der Waals surface area contributed by atoms with Gasteiger partial charge in [-0.05, 0) is 50.4 Å². The Morgan fingerprint density at radius 2 is 1.71 bits per heavy atom. The molecule has 4 atom stereocenters. The van der Waals surface area contributed by atoms with Gasteiger partial charge in [0.25, 0.3) is 0 Å². The molecule has 0 saturated carbocycles. The number of ether oxygens (including phenoxy) is 2. The SMILES string of the molecule is CN(Cc1ccco1)C[C@@H]1OC[C@H]2CN(CC3CCOC3)CC[C@H]21.O=C(O)C(F)(F)F.O=C(O)C(F)(F)F. The summed E-state index contributed by atoms with van der Waals surface area (Å²) < 4.78 is 80.6. The van der Waals surface area contributed by atoms with Crippen molar-refractivity contribution in [3.05, 3.63) is 24.2 Å². The molecule has 218 valence electrons. The molecule has 1 unspecified atom stereocenters. The van der Waals surface area contributed by atoms with Gasteiger partial charge in [0.1, 0.15) is 5.76 Å². The van der Waals surface area contributed by atoms with Gasteiger partial charge in [-0.1, -0.05) is 0 Å². The van der Waals surface area contributed by atoms with Gasteiger partial charge in [0.05, 0.1) is 32.1 Å². The van der Waals surface area contributed by atoms with Crippen molar-refractivity contribution in [3.63, 3.8) is 0 Å². The maximum absolute atomic E-state index is 10.6. The summed E-state index contributed by atoms with van der Waals surface area (Å²) >= 11 is 0. The Morgan fingerprint density at radius 3 is 2.21 bits per heavy atom. The topological polar surface area (TPSA) is 113 Å². The number of likely N-dealkylation sites (tertiary alicyclic amines) is 1. The zero-order valence-corrected chi connectivity index (χ0v) is 20.7. The highest BCUT2D eigenvalue weighted by Crippen LogP contribution is 2.35. The monoisotopic (exact) mass is 562 g/mol. The number of carbonyl (C=O) groups is 2. The van der Waals surface area contributed by atoms with Crippen LogP contribution in [0.15, 0.2) is 22.8 Å². The summed E-state index contributed by atoms with van der Waals surface area (Å²) in [6.45, 7) is 8.35. The molecule has 38 heavy (non-hydrogen) atoms. The van der Waals surface area contributed by atoms with Gasteiger partial charge in [0.15, 0.2) is 0 Å². The molecule has 15 heteroatoms. The van der Waals surface area contributed by atoms with Gasteiger partial charge in [-0.25, -0.2) is 9.59 Å². The van der Waals surface area contributed by atoms with Gasteiger partial charge < -0.3 is 29.0 Å². The van der Waals surface area contributed by atoms with Crippen LogP contribution >= 0.6 is 0 Å². The van der Waals surface area contributed by atoms with Crippen molar-refractivity contribution in [2.75, 3.05) is 53.0 Å². The summed E-state index contributed by atoms with van der Waals surface area (Å²) in [6, 6.07) is 4.00. The number of hydrogen-bond donors (Lipinski definition) is 2. The Hall–Kier alpha value is -2.36. The first-order valence-electron chi connectivity index (χ1n) is 11.9. The molecule has 1 aromatic heterocycles. The van der Waals surface area contributed by atoms with E-state index in [2.05, 4.69) is 16.8 Å². The number of carboxylic acids is 2. The van der Waals surface area contributed by atoms with E-state index in [0.717, 1.165) is 50.5 Å². The molecule has 4 rings (SSSR count). The van der Waals surface area contributed by atoms with Crippen LogP contribution in [0.4, 0.5) is 26.3 Å². The molecule has 2 N–H and O–H groups in total. The number of likely N-dealkylation sites (N-methyl/N-ethyl adjacent to an activating group) is 1. The smallest absolute Gasteiger partial charge is 0.475 e. The highest BCUT2D eigenvalue weighted by molar-refractivity contribution is 5.73. The number of furan rings is 1. The van der Waals surface area contributed by atoms with Crippen LogP contribution in [0, 0.1) is 17.8 Å². The average Bonchev–Trinajstić information content (AvgIpc) is 3.57. The van der Waals surface area contributed by atoms with E-state index in [1.807, 2.05) is 12.1 Å².